The molecule has 1 aromatic rings. The van der Waals surface area contributed by atoms with Gasteiger partial charge in [0.2, 0.25) is 5.91 Å². The number of nitrogens with one attached hydrogen (secondary N) is 2. The zero-order chi connectivity index (χ0) is 17.1. The quantitative estimate of drug-likeness (QED) is 0.858. The fraction of sp³-hybridized carbons (Fsp3) is 0.733. The Hall–Kier alpha value is -1.15. The molecule has 0 radical (unpaired) electrons. The first-order chi connectivity index (χ1) is 10.7. The lowest BCUT2D eigenvalue weighted by atomic mass is 9.93. The highest BCUT2D eigenvalue weighted by Gasteiger charge is 2.36. The predicted octanol–water partition coefficient (Wildman–Crippen LogP) is 3.29. The Morgan fingerprint density at radius 3 is 2.61 bits per heavy atom. The number of amides is 1. The van der Waals surface area contributed by atoms with Crippen LogP contribution in [0.2, 0.25) is 0 Å². The zero-order valence-electron chi connectivity index (χ0n) is 13.3. The molecule has 1 amide bonds. The van der Waals surface area contributed by atoms with E-state index in [1.54, 1.807) is 13.8 Å². The molecule has 0 unspecified atom stereocenters. The summed E-state index contributed by atoms with van der Waals surface area (Å²) in [5, 5.41) is 7.33. The van der Waals surface area contributed by atoms with Crippen molar-refractivity contribution in [2.75, 3.05) is 13.1 Å². The molecular formula is C15H22F3N3OS. The highest BCUT2D eigenvalue weighted by Crippen LogP contribution is 2.33. The third-order valence-electron chi connectivity index (χ3n) is 4.02. The third-order valence-corrected chi connectivity index (χ3v) is 5.19. The summed E-state index contributed by atoms with van der Waals surface area (Å²) >= 11 is 0.917. The second-order valence-electron chi connectivity index (χ2n) is 6.44. The van der Waals surface area contributed by atoms with Crippen LogP contribution in [0.4, 0.5) is 13.2 Å². The van der Waals surface area contributed by atoms with Crippen LogP contribution in [-0.2, 0) is 16.5 Å². The number of nitrogens with zero attached hydrogens (tertiary/aromatic N) is 1. The molecule has 8 heteroatoms. The fourth-order valence-corrected chi connectivity index (χ4v) is 3.57. The summed E-state index contributed by atoms with van der Waals surface area (Å²) in [6.45, 7) is 5.32. The predicted molar refractivity (Wildman–Crippen MR) is 83.1 cm³/mol. The van der Waals surface area contributed by atoms with E-state index in [-0.39, 0.29) is 10.9 Å². The molecule has 130 valence electrons. The van der Waals surface area contributed by atoms with E-state index in [9.17, 15) is 18.0 Å². The van der Waals surface area contributed by atoms with Crippen molar-refractivity contribution in [1.82, 2.24) is 15.6 Å². The van der Waals surface area contributed by atoms with Gasteiger partial charge in [-0.3, -0.25) is 4.79 Å². The largest absolute Gasteiger partial charge is 0.434 e. The Kier molecular flexibility index (Phi) is 5.67. The van der Waals surface area contributed by atoms with E-state index < -0.39 is 17.4 Å². The SMILES string of the molecule is CC(C)(NC(=O)CCC1CCNCC1)c1nc(C(F)(F)F)cs1. The molecule has 1 saturated heterocycles. The zero-order valence-corrected chi connectivity index (χ0v) is 14.1. The molecule has 2 rings (SSSR count). The minimum absolute atomic E-state index is 0.141. The van der Waals surface area contributed by atoms with Gasteiger partial charge < -0.3 is 10.6 Å². The molecule has 0 bridgehead atoms. The summed E-state index contributed by atoms with van der Waals surface area (Å²) in [6.07, 6.45) is -1.11. The van der Waals surface area contributed by atoms with Crippen LogP contribution in [0, 0.1) is 5.92 Å². The van der Waals surface area contributed by atoms with Crippen LogP contribution in [0.15, 0.2) is 5.38 Å². The maximum Gasteiger partial charge on any atom is 0.434 e. The van der Waals surface area contributed by atoms with Gasteiger partial charge in [0.05, 0.1) is 5.54 Å². The number of hydrogen-bond donors (Lipinski definition) is 2. The summed E-state index contributed by atoms with van der Waals surface area (Å²) in [4.78, 5) is 15.7. The molecule has 0 aliphatic carbocycles. The van der Waals surface area contributed by atoms with Crippen molar-refractivity contribution < 1.29 is 18.0 Å². The number of thiazole rings is 1. The number of alkyl halides is 3. The molecule has 0 spiro atoms. The van der Waals surface area contributed by atoms with Crippen LogP contribution in [0.5, 0.6) is 0 Å². The molecule has 1 fully saturated rings. The number of piperidine rings is 1. The second kappa shape index (κ2) is 7.17. The van der Waals surface area contributed by atoms with Gasteiger partial charge in [-0.1, -0.05) is 0 Å². The molecule has 1 aliphatic rings. The second-order valence-corrected chi connectivity index (χ2v) is 7.30. The van der Waals surface area contributed by atoms with Crippen LogP contribution >= 0.6 is 11.3 Å². The standard InChI is InChI=1S/C15H22F3N3OS/c1-14(2,13-20-11(9-23-13)15(16,17)18)21-12(22)4-3-10-5-7-19-8-6-10/h9-10,19H,3-8H2,1-2H3,(H,21,22). The lowest BCUT2D eigenvalue weighted by Crippen LogP contribution is -2.41. The number of carbonyl (C=O) groups excluding carboxylic acids is 1. The lowest BCUT2D eigenvalue weighted by Gasteiger charge is -2.25. The van der Waals surface area contributed by atoms with Crippen LogP contribution in [-0.4, -0.2) is 24.0 Å². The summed E-state index contributed by atoms with van der Waals surface area (Å²) in [6, 6.07) is 0. The molecule has 4 nitrogen and oxygen atoms in total. The fourth-order valence-electron chi connectivity index (χ4n) is 2.66. The Morgan fingerprint density at radius 2 is 2.04 bits per heavy atom. The number of aromatic nitrogens is 1. The summed E-state index contributed by atoms with van der Waals surface area (Å²) in [5.74, 6) is 0.402. The molecule has 0 saturated carbocycles. The van der Waals surface area contributed by atoms with Gasteiger partial charge >= 0.3 is 6.18 Å². The van der Waals surface area contributed by atoms with Gasteiger partial charge in [-0.25, -0.2) is 4.98 Å². The minimum atomic E-state index is -4.45. The molecule has 1 aliphatic heterocycles. The topological polar surface area (TPSA) is 54.0 Å². The first kappa shape index (κ1) is 18.2. The van der Waals surface area contributed by atoms with E-state index in [0.29, 0.717) is 12.3 Å². The monoisotopic (exact) mass is 349 g/mol. The molecule has 1 aromatic heterocycles. The van der Waals surface area contributed by atoms with Gasteiger partial charge in [0.15, 0.2) is 5.69 Å². The number of rotatable bonds is 5. The Bertz CT molecular complexity index is 536. The Morgan fingerprint density at radius 1 is 1.39 bits per heavy atom. The lowest BCUT2D eigenvalue weighted by molar-refractivity contribution is -0.140. The van der Waals surface area contributed by atoms with Gasteiger partial charge in [-0.05, 0) is 52.1 Å². The van der Waals surface area contributed by atoms with Gasteiger partial charge in [-0.2, -0.15) is 13.2 Å². The highest BCUT2D eigenvalue weighted by atomic mass is 32.1. The number of carbonyl (C=O) groups is 1. The van der Waals surface area contributed by atoms with E-state index in [1.165, 1.54) is 0 Å². The van der Waals surface area contributed by atoms with Crippen molar-refractivity contribution in [3.8, 4) is 0 Å². The molecule has 0 atom stereocenters. The minimum Gasteiger partial charge on any atom is -0.345 e. The van der Waals surface area contributed by atoms with E-state index in [1.807, 2.05) is 0 Å². The van der Waals surface area contributed by atoms with Crippen molar-refractivity contribution in [3.63, 3.8) is 0 Å². The Labute approximate surface area is 137 Å². The summed E-state index contributed by atoms with van der Waals surface area (Å²) in [7, 11) is 0. The van der Waals surface area contributed by atoms with Crippen LogP contribution in [0.3, 0.4) is 0 Å². The van der Waals surface area contributed by atoms with Gasteiger partial charge in [0.1, 0.15) is 5.01 Å². The summed E-state index contributed by atoms with van der Waals surface area (Å²) < 4.78 is 37.9. The first-order valence-electron chi connectivity index (χ1n) is 7.73. The van der Waals surface area contributed by atoms with Gasteiger partial charge in [0, 0.05) is 11.8 Å². The molecule has 2 N–H and O–H groups in total. The number of halogens is 3. The average Bonchev–Trinajstić information content (AvgIpc) is 2.96. The molecule has 2 heterocycles. The van der Waals surface area contributed by atoms with Gasteiger partial charge in [-0.15, -0.1) is 11.3 Å². The van der Waals surface area contributed by atoms with Gasteiger partial charge in [0.25, 0.3) is 0 Å². The van der Waals surface area contributed by atoms with Crippen molar-refractivity contribution in [1.29, 1.82) is 0 Å². The van der Waals surface area contributed by atoms with Crippen LogP contribution in [0.1, 0.15) is 50.2 Å². The smallest absolute Gasteiger partial charge is 0.345 e. The number of hydrogen-bond acceptors (Lipinski definition) is 4. The van der Waals surface area contributed by atoms with Crippen molar-refractivity contribution in [2.45, 2.75) is 51.2 Å². The molecule has 0 aromatic carbocycles. The van der Waals surface area contributed by atoms with Crippen molar-refractivity contribution in [2.24, 2.45) is 5.92 Å². The van der Waals surface area contributed by atoms with E-state index in [0.717, 1.165) is 49.1 Å². The van der Waals surface area contributed by atoms with Crippen LogP contribution < -0.4 is 10.6 Å². The van der Waals surface area contributed by atoms with E-state index >= 15 is 0 Å². The maximum absolute atomic E-state index is 12.6. The van der Waals surface area contributed by atoms with Crippen molar-refractivity contribution in [3.05, 3.63) is 16.1 Å². The van der Waals surface area contributed by atoms with E-state index in [2.05, 4.69) is 15.6 Å². The normalized spacial score (nSPS) is 17.3. The maximum atomic E-state index is 12.6. The molecule has 23 heavy (non-hydrogen) atoms. The van der Waals surface area contributed by atoms with Crippen LogP contribution in [0.25, 0.3) is 0 Å². The average molecular weight is 349 g/mol. The van der Waals surface area contributed by atoms with E-state index in [4.69, 9.17) is 0 Å². The first-order valence-corrected chi connectivity index (χ1v) is 8.61. The molecular weight excluding hydrogens is 327 g/mol. The summed E-state index contributed by atoms with van der Waals surface area (Å²) in [5.41, 5.74) is -1.81. The highest BCUT2D eigenvalue weighted by molar-refractivity contribution is 7.09. The Balaban J connectivity index is 1.89. The third kappa shape index (κ3) is 5.17. The van der Waals surface area contributed by atoms with Crippen molar-refractivity contribution >= 4 is 17.2 Å².